The van der Waals surface area contributed by atoms with Crippen LogP contribution in [0.2, 0.25) is 0 Å². The Labute approximate surface area is 150 Å². The minimum absolute atomic E-state index is 0.153. The van der Waals surface area contributed by atoms with Crippen molar-refractivity contribution in [1.29, 1.82) is 5.26 Å². The van der Waals surface area contributed by atoms with Gasteiger partial charge in [0.1, 0.15) is 5.38 Å². The third kappa shape index (κ3) is 3.68. The number of nitrogens with two attached hydrogens (primary N) is 1. The summed E-state index contributed by atoms with van der Waals surface area (Å²) in [6.45, 7) is 2.70. The highest BCUT2D eigenvalue weighted by molar-refractivity contribution is 6.31. The molecule has 3 N–H and O–H groups in total. The maximum absolute atomic E-state index is 11.6. The van der Waals surface area contributed by atoms with Gasteiger partial charge in [0.15, 0.2) is 0 Å². The number of anilines is 1. The van der Waals surface area contributed by atoms with E-state index >= 15 is 0 Å². The van der Waals surface area contributed by atoms with Crippen molar-refractivity contribution in [3.63, 3.8) is 0 Å². The van der Waals surface area contributed by atoms with E-state index in [9.17, 15) is 10.1 Å². The predicted octanol–water partition coefficient (Wildman–Crippen LogP) is 2.85. The molecule has 3 atom stereocenters. The average molecular weight is 359 g/mol. The molecule has 1 aliphatic heterocycles. The Morgan fingerprint density at radius 1 is 1.56 bits per heavy atom. The number of rotatable bonds is 4. The summed E-state index contributed by atoms with van der Waals surface area (Å²) < 4.78 is 5.59. The zero-order valence-electron chi connectivity index (χ0n) is 13.8. The van der Waals surface area contributed by atoms with E-state index in [1.807, 2.05) is 6.92 Å². The fraction of sp³-hybridized carbons (Fsp3) is 0.389. The van der Waals surface area contributed by atoms with Gasteiger partial charge in [-0.3, -0.25) is 9.78 Å². The summed E-state index contributed by atoms with van der Waals surface area (Å²) in [5.74, 6) is -0.636. The van der Waals surface area contributed by atoms with Gasteiger partial charge in [0.2, 0.25) is 5.91 Å². The minimum atomic E-state index is -0.998. The number of hydrogen-bond donors (Lipinski definition) is 2. The quantitative estimate of drug-likeness (QED) is 0.818. The molecule has 1 aromatic carbocycles. The molecule has 6 nitrogen and oxygen atoms in total. The van der Waals surface area contributed by atoms with Crippen LogP contribution in [0.5, 0.6) is 0 Å². The molecule has 2 unspecified atom stereocenters. The molecule has 3 rings (SSSR count). The van der Waals surface area contributed by atoms with Crippen LogP contribution in [0.25, 0.3) is 10.9 Å². The van der Waals surface area contributed by atoms with Crippen LogP contribution < -0.4 is 11.1 Å². The second-order valence-electron chi connectivity index (χ2n) is 6.24. The number of carbonyl (C=O) groups is 1. The largest absolute Gasteiger partial charge is 0.381 e. The number of pyridine rings is 1. The van der Waals surface area contributed by atoms with Gasteiger partial charge in [-0.05, 0) is 38.0 Å². The van der Waals surface area contributed by atoms with Crippen molar-refractivity contribution in [2.75, 3.05) is 11.9 Å². The molecular formula is C18H19ClN4O2. The lowest BCUT2D eigenvalue weighted by Crippen LogP contribution is -2.33. The molecule has 2 heterocycles. The molecule has 1 aromatic heterocycles. The Morgan fingerprint density at radius 3 is 3.04 bits per heavy atom. The molecule has 0 aliphatic carbocycles. The lowest BCUT2D eigenvalue weighted by atomic mass is 10.00. The van der Waals surface area contributed by atoms with Gasteiger partial charge >= 0.3 is 0 Å². The zero-order chi connectivity index (χ0) is 18.0. The summed E-state index contributed by atoms with van der Waals surface area (Å²) >= 11 is 6.22. The summed E-state index contributed by atoms with van der Waals surface area (Å²) in [6.07, 6.45) is 3.40. The number of carbonyl (C=O) groups excluding carboxylic acids is 1. The van der Waals surface area contributed by atoms with Gasteiger partial charge in [-0.2, -0.15) is 5.26 Å². The maximum Gasteiger partial charge on any atom is 0.240 e. The number of primary amides is 1. The lowest BCUT2D eigenvalue weighted by molar-refractivity contribution is -0.117. The molecule has 1 fully saturated rings. The van der Waals surface area contributed by atoms with E-state index in [2.05, 4.69) is 16.4 Å². The Morgan fingerprint density at radius 2 is 2.36 bits per heavy atom. The highest BCUT2D eigenvalue weighted by Gasteiger charge is 2.25. The number of alkyl halides is 1. The summed E-state index contributed by atoms with van der Waals surface area (Å²) in [5.41, 5.74) is 7.86. The molecule has 7 heteroatoms. The summed E-state index contributed by atoms with van der Waals surface area (Å²) in [6, 6.07) is 7.55. The van der Waals surface area contributed by atoms with E-state index in [0.29, 0.717) is 23.4 Å². The molecule has 1 aliphatic rings. The number of aromatic nitrogens is 1. The highest BCUT2D eigenvalue weighted by atomic mass is 35.5. The Hall–Kier alpha value is -2.36. The number of fused-ring (bicyclic) bond motifs is 1. The Kier molecular flexibility index (Phi) is 5.07. The molecule has 0 radical (unpaired) electrons. The van der Waals surface area contributed by atoms with Crippen LogP contribution in [0, 0.1) is 11.3 Å². The molecule has 130 valence electrons. The number of benzene rings is 1. The number of amides is 1. The molecule has 1 amide bonds. The number of nitrogens with zero attached hydrogens (tertiary/aromatic N) is 2. The molecular weight excluding hydrogens is 340 g/mol. The van der Waals surface area contributed by atoms with E-state index in [1.54, 1.807) is 24.4 Å². The second-order valence-corrected chi connectivity index (χ2v) is 6.68. The Bertz CT molecular complexity index is 849. The monoisotopic (exact) mass is 358 g/mol. The molecule has 0 spiro atoms. The topological polar surface area (TPSA) is 101 Å². The summed E-state index contributed by atoms with van der Waals surface area (Å²) in [4.78, 5) is 16.0. The maximum atomic E-state index is 11.6. The van der Waals surface area contributed by atoms with Gasteiger partial charge in [-0.15, -0.1) is 11.6 Å². The van der Waals surface area contributed by atoms with Crippen molar-refractivity contribution in [2.45, 2.75) is 37.3 Å². The van der Waals surface area contributed by atoms with Gasteiger partial charge in [0.25, 0.3) is 0 Å². The van der Waals surface area contributed by atoms with Gasteiger partial charge < -0.3 is 15.8 Å². The number of nitriles is 1. The van der Waals surface area contributed by atoms with Crippen molar-refractivity contribution < 1.29 is 9.53 Å². The standard InChI is InChI=1S/C18H19ClN4O2/c1-10-6-12(4-5-25-10)23-17-13-7-11(8-20)2-3-15(13)22-9-14(17)16(19)18(21)24/h2-3,7,9-10,12,16H,4-6H2,1H3,(H2,21,24)(H,22,23)/t10?,12?,16-/m1/s1. The van der Waals surface area contributed by atoms with Crippen molar-refractivity contribution >= 4 is 34.1 Å². The number of ether oxygens (including phenoxy) is 1. The fourth-order valence-corrected chi connectivity index (χ4v) is 3.28. The smallest absolute Gasteiger partial charge is 0.240 e. The van der Waals surface area contributed by atoms with Gasteiger partial charge in [-0.1, -0.05) is 0 Å². The second kappa shape index (κ2) is 7.26. The summed E-state index contributed by atoms with van der Waals surface area (Å²) in [5, 5.41) is 12.4. The Balaban J connectivity index is 2.11. The first-order chi connectivity index (χ1) is 12.0. The molecule has 25 heavy (non-hydrogen) atoms. The van der Waals surface area contributed by atoms with Crippen LogP contribution in [0.3, 0.4) is 0 Å². The predicted molar refractivity (Wildman–Crippen MR) is 96.3 cm³/mol. The van der Waals surface area contributed by atoms with Gasteiger partial charge in [0, 0.05) is 29.8 Å². The van der Waals surface area contributed by atoms with Crippen LogP contribution in [0.1, 0.15) is 36.3 Å². The normalized spacial score (nSPS) is 21.5. The first-order valence-corrected chi connectivity index (χ1v) is 8.57. The number of halogens is 1. The molecule has 2 aromatic rings. The van der Waals surface area contributed by atoms with E-state index < -0.39 is 11.3 Å². The minimum Gasteiger partial charge on any atom is -0.381 e. The van der Waals surface area contributed by atoms with E-state index in [0.717, 1.165) is 23.7 Å². The lowest BCUT2D eigenvalue weighted by Gasteiger charge is -2.30. The van der Waals surface area contributed by atoms with Crippen molar-refractivity contribution in [3.8, 4) is 6.07 Å². The first kappa shape index (κ1) is 17.5. The van der Waals surface area contributed by atoms with E-state index in [4.69, 9.17) is 22.1 Å². The third-order valence-corrected chi connectivity index (χ3v) is 4.83. The van der Waals surface area contributed by atoms with E-state index in [-0.39, 0.29) is 12.1 Å². The van der Waals surface area contributed by atoms with Gasteiger partial charge in [0.05, 0.1) is 28.9 Å². The molecule has 0 bridgehead atoms. The van der Waals surface area contributed by atoms with Crippen molar-refractivity contribution in [2.24, 2.45) is 5.73 Å². The highest BCUT2D eigenvalue weighted by Crippen LogP contribution is 2.35. The van der Waals surface area contributed by atoms with Crippen LogP contribution in [0.4, 0.5) is 5.69 Å². The van der Waals surface area contributed by atoms with Crippen LogP contribution in [-0.2, 0) is 9.53 Å². The average Bonchev–Trinajstić information content (AvgIpc) is 2.61. The van der Waals surface area contributed by atoms with E-state index in [1.165, 1.54) is 0 Å². The van der Waals surface area contributed by atoms with Crippen LogP contribution in [0.15, 0.2) is 24.4 Å². The molecule has 1 saturated heterocycles. The van der Waals surface area contributed by atoms with Crippen LogP contribution >= 0.6 is 11.6 Å². The number of hydrogen-bond acceptors (Lipinski definition) is 5. The van der Waals surface area contributed by atoms with Crippen LogP contribution in [-0.4, -0.2) is 29.6 Å². The first-order valence-electron chi connectivity index (χ1n) is 8.14. The fourth-order valence-electron chi connectivity index (χ4n) is 3.12. The van der Waals surface area contributed by atoms with Crippen molar-refractivity contribution in [3.05, 3.63) is 35.5 Å². The third-order valence-electron chi connectivity index (χ3n) is 4.38. The van der Waals surface area contributed by atoms with Gasteiger partial charge in [-0.25, -0.2) is 0 Å². The summed E-state index contributed by atoms with van der Waals surface area (Å²) in [7, 11) is 0. The van der Waals surface area contributed by atoms with Crippen molar-refractivity contribution in [1.82, 2.24) is 4.98 Å². The molecule has 0 saturated carbocycles. The SMILES string of the molecule is CC1CC(Nc2c([C@@H](Cl)C(N)=O)cnc3ccc(C#N)cc23)CCO1. The number of nitrogens with one attached hydrogen (secondary N) is 1. The zero-order valence-corrected chi connectivity index (χ0v) is 14.6.